The Bertz CT molecular complexity index is 1280. The Kier molecular flexibility index (Phi) is 5.37. The second kappa shape index (κ2) is 8.07. The van der Waals surface area contributed by atoms with Crippen LogP contribution >= 0.6 is 0 Å². The first-order valence-corrected chi connectivity index (χ1v) is 14.6. The van der Waals surface area contributed by atoms with Gasteiger partial charge < -0.3 is 34.3 Å². The van der Waals surface area contributed by atoms with E-state index >= 15 is 0 Å². The Morgan fingerprint density at radius 3 is 2.79 bits per heavy atom. The summed E-state index contributed by atoms with van der Waals surface area (Å²) in [5.74, 6) is -1.31. The number of nitrogens with zero attached hydrogens (tertiary/aromatic N) is 1. The molecule has 0 radical (unpaired) electrons. The van der Waals surface area contributed by atoms with Crippen molar-refractivity contribution in [1.29, 1.82) is 0 Å². The van der Waals surface area contributed by atoms with E-state index in [1.165, 1.54) is 0 Å². The molecular formula is C31H42N2O6. The molecule has 8 rings (SSSR count). The van der Waals surface area contributed by atoms with Crippen molar-refractivity contribution in [3.8, 4) is 0 Å². The van der Waals surface area contributed by atoms with Crippen molar-refractivity contribution >= 4 is 5.97 Å². The number of fused-ring (bicyclic) bond motifs is 1. The number of carbonyl (C=O) groups excluding carboxylic acids is 1. The molecule has 2 saturated carbocycles. The zero-order valence-electron chi connectivity index (χ0n) is 23.8. The number of hydrogen-bond acceptors (Lipinski definition) is 7. The molecule has 8 heteroatoms. The molecule has 0 aromatic carbocycles. The Hall–Kier alpha value is -1.97. The number of ether oxygens (including phenoxy) is 3. The summed E-state index contributed by atoms with van der Waals surface area (Å²) in [5, 5.41) is 23.8. The number of likely N-dealkylation sites (N-methyl/N-ethyl adjacent to an activating group) is 1. The first kappa shape index (κ1) is 26.0. The highest BCUT2D eigenvalue weighted by atomic mass is 16.7. The lowest BCUT2D eigenvalue weighted by Gasteiger charge is -2.73. The molecule has 4 bridgehead atoms. The van der Waals surface area contributed by atoms with Crippen molar-refractivity contribution < 1.29 is 29.2 Å². The van der Waals surface area contributed by atoms with E-state index in [1.54, 1.807) is 0 Å². The quantitative estimate of drug-likeness (QED) is 0.399. The minimum Gasteiger partial charge on any atom is -0.454 e. The summed E-state index contributed by atoms with van der Waals surface area (Å²) in [5.41, 5.74) is 1.65. The third-order valence-electron chi connectivity index (χ3n) is 11.7. The van der Waals surface area contributed by atoms with Crippen LogP contribution in [0, 0.1) is 30.6 Å². The van der Waals surface area contributed by atoms with Gasteiger partial charge in [0.2, 0.25) is 0 Å². The van der Waals surface area contributed by atoms with Gasteiger partial charge in [0, 0.05) is 48.7 Å². The molecule has 3 N–H and O–H groups in total. The summed E-state index contributed by atoms with van der Waals surface area (Å²) in [7, 11) is 2.10. The summed E-state index contributed by atoms with van der Waals surface area (Å²) >= 11 is 0. The second-order valence-corrected chi connectivity index (χ2v) is 13.6. The Morgan fingerprint density at radius 1 is 1.26 bits per heavy atom. The van der Waals surface area contributed by atoms with E-state index < -0.39 is 34.6 Å². The second-order valence-electron chi connectivity index (χ2n) is 13.6. The molecule has 4 aliphatic carbocycles. The normalized spacial score (nSPS) is 45.4. The van der Waals surface area contributed by atoms with Crippen LogP contribution < -0.4 is 0 Å². The first-order valence-electron chi connectivity index (χ1n) is 14.6. The predicted octanol–water partition coefficient (Wildman–Crippen LogP) is 3.55. The molecule has 0 amide bonds. The minimum atomic E-state index is -1.22. The molecule has 1 spiro atoms. The fourth-order valence-corrected chi connectivity index (χ4v) is 9.86. The highest BCUT2D eigenvalue weighted by Crippen LogP contribution is 2.74. The van der Waals surface area contributed by atoms with Crippen LogP contribution in [0.5, 0.6) is 0 Å². The maximum Gasteiger partial charge on any atom is 0.340 e. The van der Waals surface area contributed by atoms with Gasteiger partial charge in [0.05, 0.1) is 18.3 Å². The minimum absolute atomic E-state index is 0.252. The first-order chi connectivity index (χ1) is 18.4. The van der Waals surface area contributed by atoms with Crippen molar-refractivity contribution in [3.63, 3.8) is 0 Å². The number of carbonyl (C=O) groups is 1. The highest BCUT2D eigenvalue weighted by molar-refractivity contribution is 5.92. The summed E-state index contributed by atoms with van der Waals surface area (Å²) in [4.78, 5) is 18.7. The molecule has 5 fully saturated rings. The maximum atomic E-state index is 13.3. The van der Waals surface area contributed by atoms with Gasteiger partial charge in [-0.1, -0.05) is 19.1 Å². The van der Waals surface area contributed by atoms with Crippen molar-refractivity contribution in [2.75, 3.05) is 26.7 Å². The van der Waals surface area contributed by atoms with Crippen molar-refractivity contribution in [1.82, 2.24) is 9.88 Å². The largest absolute Gasteiger partial charge is 0.454 e. The third-order valence-corrected chi connectivity index (χ3v) is 11.7. The van der Waals surface area contributed by atoms with Crippen LogP contribution in [-0.2, 0) is 14.2 Å². The van der Waals surface area contributed by atoms with Gasteiger partial charge in [-0.3, -0.25) is 0 Å². The number of aromatic amines is 1. The fourth-order valence-electron chi connectivity index (χ4n) is 9.86. The molecule has 39 heavy (non-hydrogen) atoms. The lowest BCUT2D eigenvalue weighted by atomic mass is 9.41. The molecule has 3 saturated heterocycles. The van der Waals surface area contributed by atoms with Gasteiger partial charge in [-0.2, -0.15) is 0 Å². The molecule has 1 aromatic rings. The molecule has 0 unspecified atom stereocenters. The molecule has 4 heterocycles. The number of H-pyrrole nitrogens is 1. The summed E-state index contributed by atoms with van der Waals surface area (Å²) in [6, 6.07) is 0. The third kappa shape index (κ3) is 3.05. The lowest BCUT2D eigenvalue weighted by molar-refractivity contribution is -0.401. The van der Waals surface area contributed by atoms with Gasteiger partial charge in [-0.05, 0) is 76.1 Å². The van der Waals surface area contributed by atoms with Gasteiger partial charge in [0.25, 0.3) is 0 Å². The van der Waals surface area contributed by atoms with E-state index in [1.807, 2.05) is 27.0 Å². The summed E-state index contributed by atoms with van der Waals surface area (Å²) in [6.07, 6.45) is 8.89. The van der Waals surface area contributed by atoms with Gasteiger partial charge in [0.15, 0.2) is 5.79 Å². The predicted molar refractivity (Wildman–Crippen MR) is 144 cm³/mol. The van der Waals surface area contributed by atoms with Crippen LogP contribution in [-0.4, -0.2) is 82.0 Å². The van der Waals surface area contributed by atoms with E-state index in [2.05, 4.69) is 36.0 Å². The number of nitrogens with one attached hydrogen (secondary N) is 1. The van der Waals surface area contributed by atoms with Crippen molar-refractivity contribution in [2.24, 2.45) is 16.7 Å². The van der Waals surface area contributed by atoms with Gasteiger partial charge in [0.1, 0.15) is 17.3 Å². The molecule has 1 aromatic heterocycles. The smallest absolute Gasteiger partial charge is 0.340 e. The van der Waals surface area contributed by atoms with E-state index in [4.69, 9.17) is 14.2 Å². The molecule has 7 aliphatic rings. The van der Waals surface area contributed by atoms with Gasteiger partial charge in [-0.25, -0.2) is 4.79 Å². The number of rotatable bonds is 3. The van der Waals surface area contributed by atoms with Gasteiger partial charge >= 0.3 is 5.97 Å². The number of aryl methyl sites for hydroxylation is 2. The number of aliphatic hydroxyl groups excluding tert-OH is 1. The highest BCUT2D eigenvalue weighted by Gasteiger charge is 2.79. The fraction of sp³-hybridized carbons (Fsp3) is 0.710. The monoisotopic (exact) mass is 538 g/mol. The number of esters is 1. The van der Waals surface area contributed by atoms with Crippen LogP contribution in [0.4, 0.5) is 0 Å². The molecular weight excluding hydrogens is 496 g/mol. The van der Waals surface area contributed by atoms with Crippen molar-refractivity contribution in [2.45, 2.75) is 95.4 Å². The van der Waals surface area contributed by atoms with Crippen LogP contribution in [0.25, 0.3) is 0 Å². The van der Waals surface area contributed by atoms with E-state index in [0.717, 1.165) is 41.8 Å². The number of hydrogen-bond donors (Lipinski definition) is 3. The van der Waals surface area contributed by atoms with Crippen LogP contribution in [0.3, 0.4) is 0 Å². The average molecular weight is 539 g/mol. The Balaban J connectivity index is 1.33. The van der Waals surface area contributed by atoms with E-state index in [9.17, 15) is 15.0 Å². The number of aromatic nitrogens is 1. The van der Waals surface area contributed by atoms with E-state index in [0.29, 0.717) is 44.4 Å². The van der Waals surface area contributed by atoms with Crippen LogP contribution in [0.2, 0.25) is 0 Å². The Labute approximate surface area is 230 Å². The molecule has 212 valence electrons. The summed E-state index contributed by atoms with van der Waals surface area (Å²) in [6.45, 7) is 10.0. The van der Waals surface area contributed by atoms with Gasteiger partial charge in [-0.15, -0.1) is 0 Å². The topological polar surface area (TPSA) is 104 Å². The maximum absolute atomic E-state index is 13.3. The number of aliphatic hydroxyl groups is 2. The number of allylic oxidation sites excluding steroid dienone is 1. The van der Waals surface area contributed by atoms with Crippen LogP contribution in [0.15, 0.2) is 29.5 Å². The summed E-state index contributed by atoms with van der Waals surface area (Å²) < 4.78 is 19.9. The lowest BCUT2D eigenvalue weighted by Crippen LogP contribution is -2.79. The SMILES string of the molecule is Cc1c[nH]c(C)c1C(=O)O[C@H](C)C1=CC[C@@]23OCCN(C)C[C@@]12C[C@@H](O)[C@]12O[C@]4(O)CC[C@@]1(C)[C@H](CC=C32)C4. The van der Waals surface area contributed by atoms with Crippen LogP contribution in [0.1, 0.15) is 74.0 Å². The zero-order chi connectivity index (χ0) is 27.6. The molecule has 3 aliphatic heterocycles. The standard InChI is InChI=1S/C31H42N2O6/c1-18-16-32-19(2)25(18)26(35)38-20(3)22-8-9-30-23-7-6-21-14-29(36)11-10-27(21,4)31(23,39-29)24(34)15-28(22,30)17-33(5)12-13-37-30/h7-8,16,20-21,24,32,34,36H,6,9-15,17H2,1-5H3/t20-,21-,24-,27+,28+,29-,30+,31+/m1/s1. The molecule has 8 atom stereocenters. The Morgan fingerprint density at radius 2 is 2.05 bits per heavy atom. The molecule has 8 nitrogen and oxygen atoms in total. The zero-order valence-corrected chi connectivity index (χ0v) is 23.8. The van der Waals surface area contributed by atoms with Crippen molar-refractivity contribution in [3.05, 3.63) is 46.3 Å². The van der Waals surface area contributed by atoms with E-state index in [-0.39, 0.29) is 17.3 Å². The average Bonchev–Trinajstić information content (AvgIpc) is 3.31.